The first-order chi connectivity index (χ1) is 66.9. The number of hydrogen-bond donors (Lipinski definition) is 1. The summed E-state index contributed by atoms with van der Waals surface area (Å²) in [4.78, 5) is 128. The number of aliphatic hydroxyl groups excluding tert-OH is 1. The summed E-state index contributed by atoms with van der Waals surface area (Å²) in [5.74, 6) is 4.32. The summed E-state index contributed by atoms with van der Waals surface area (Å²) in [5, 5.41) is 11.7. The summed E-state index contributed by atoms with van der Waals surface area (Å²) in [5.41, 5.74) is -2.76. The van der Waals surface area contributed by atoms with Crippen molar-refractivity contribution in [2.75, 3.05) is 72.7 Å². The SMILES string of the molecule is C#CCOc1ccc2cc(C(=O)OCC(O)COC(=O)C(C)(C)CC)ccc2c1.CCC(C)(C)C(=O)OCC(=O)OC(C)(C)C.CCC(C)(C)C(=O)OCC1CC2C=CC1C2.CCC(C)(C)C(=O)OCC1CCC2OC2C1.CCC(C)(C)C(=O)OCCCC(=O)OC(C)(C)C.CCC(C)(C)C(=O)OCCCCCC(=O)OC(C)(C)C.CCC(C)c1ccc(OC(C)(C)C)cc1.CCC1(COC(=O)C(C)(C)CC)COC1. The second-order valence-electron chi connectivity index (χ2n) is 47.4. The molecule has 4 fully saturated rings. The lowest BCUT2D eigenvalue weighted by atomic mass is 9.84. The first-order valence-electron chi connectivity index (χ1n) is 53.0. The highest BCUT2D eigenvalue weighted by atomic mass is 16.6. The van der Waals surface area contributed by atoms with E-state index in [0.717, 1.165) is 113 Å². The van der Waals surface area contributed by atoms with Gasteiger partial charge in [0.25, 0.3) is 0 Å². The van der Waals surface area contributed by atoms with Crippen molar-refractivity contribution >= 4 is 76.4 Å². The van der Waals surface area contributed by atoms with Crippen LogP contribution in [0.5, 0.6) is 11.5 Å². The molecule has 826 valence electrons. The van der Waals surface area contributed by atoms with E-state index < -0.39 is 62.5 Å². The zero-order valence-corrected chi connectivity index (χ0v) is 96.1. The molecule has 2 heterocycles. The molecule has 3 aromatic rings. The molecule has 2 saturated carbocycles. The fraction of sp³-hybridized carbons (Fsp3) is 0.737. The summed E-state index contributed by atoms with van der Waals surface area (Å²) in [6.07, 6.45) is 26.6. The number of aliphatic hydroxyl groups is 1. The Morgan fingerprint density at radius 1 is 0.434 bits per heavy atom. The second kappa shape index (κ2) is 62.4. The monoisotopic (exact) mass is 2040 g/mol. The van der Waals surface area contributed by atoms with Crippen LogP contribution in [0.25, 0.3) is 10.8 Å². The van der Waals surface area contributed by atoms with Crippen molar-refractivity contribution in [2.24, 2.45) is 67.0 Å². The molecule has 8 unspecified atom stereocenters. The molecule has 0 spiro atoms. The number of rotatable bonds is 43. The fourth-order valence-corrected chi connectivity index (χ4v) is 13.3. The molecule has 0 radical (unpaired) electrons. The number of fused-ring (bicyclic) bond motifs is 4. The summed E-state index contributed by atoms with van der Waals surface area (Å²) < 4.78 is 78.9. The van der Waals surface area contributed by atoms with Gasteiger partial charge < -0.3 is 76.2 Å². The van der Waals surface area contributed by atoms with Crippen molar-refractivity contribution in [3.63, 3.8) is 0 Å². The van der Waals surface area contributed by atoms with Gasteiger partial charge in [-0.15, -0.1) is 6.42 Å². The van der Waals surface area contributed by atoms with E-state index >= 15 is 0 Å². The Labute approximate surface area is 872 Å². The van der Waals surface area contributed by atoms with Crippen LogP contribution in [0.1, 0.15) is 400 Å². The average molecular weight is 2040 g/mol. The Bertz CT molecular complexity index is 4500. The van der Waals surface area contributed by atoms with E-state index in [9.17, 15) is 57.8 Å². The number of benzene rings is 3. The Hall–Kier alpha value is -9.13. The van der Waals surface area contributed by atoms with E-state index in [1.165, 1.54) is 24.8 Å². The Balaban J connectivity index is 0.000000837. The third-order valence-corrected chi connectivity index (χ3v) is 26.8. The molecule has 1 N–H and O–H groups in total. The Morgan fingerprint density at radius 2 is 0.862 bits per heavy atom. The van der Waals surface area contributed by atoms with Crippen LogP contribution in [-0.2, 0) is 110 Å². The van der Waals surface area contributed by atoms with Gasteiger partial charge in [0.05, 0.1) is 101 Å². The van der Waals surface area contributed by atoms with Gasteiger partial charge in [0, 0.05) is 12.8 Å². The molecule has 27 nitrogen and oxygen atoms in total. The third-order valence-electron chi connectivity index (χ3n) is 26.8. The molecule has 27 heteroatoms. The molecule has 2 aliphatic heterocycles. The van der Waals surface area contributed by atoms with E-state index in [2.05, 4.69) is 83.9 Å². The van der Waals surface area contributed by atoms with Crippen molar-refractivity contribution in [2.45, 2.75) is 424 Å². The van der Waals surface area contributed by atoms with Crippen molar-refractivity contribution in [3.05, 3.63) is 83.9 Å². The number of esters is 11. The highest BCUT2D eigenvalue weighted by molar-refractivity contribution is 5.96. The van der Waals surface area contributed by atoms with Crippen LogP contribution in [0.15, 0.2) is 72.8 Å². The van der Waals surface area contributed by atoms with Crippen LogP contribution in [0.2, 0.25) is 0 Å². The van der Waals surface area contributed by atoms with Gasteiger partial charge in [-0.1, -0.05) is 112 Å². The van der Waals surface area contributed by atoms with Crippen LogP contribution in [-0.4, -0.2) is 184 Å². The average Bonchev–Trinajstić information content (AvgIpc) is 1.66. The minimum atomic E-state index is -1.09. The van der Waals surface area contributed by atoms with Crippen molar-refractivity contribution in [1.82, 2.24) is 0 Å². The summed E-state index contributed by atoms with van der Waals surface area (Å²) in [7, 11) is 0. The quantitative estimate of drug-likeness (QED) is 0.0137. The number of allylic oxidation sites excluding steroid dienone is 2. The normalized spacial score (nSPS) is 17.5. The lowest BCUT2D eigenvalue weighted by Gasteiger charge is -2.40. The Morgan fingerprint density at radius 3 is 1.29 bits per heavy atom. The van der Waals surface area contributed by atoms with Gasteiger partial charge >= 0.3 is 65.7 Å². The molecule has 0 aromatic heterocycles. The largest absolute Gasteiger partial charge is 0.488 e. The molecule has 3 aromatic carbocycles. The van der Waals surface area contributed by atoms with Gasteiger partial charge in [-0.3, -0.25) is 43.2 Å². The first kappa shape index (κ1) is 134. The second-order valence-corrected chi connectivity index (χ2v) is 47.4. The zero-order valence-electron chi connectivity index (χ0n) is 96.1. The number of ether oxygens (including phenoxy) is 15. The molecule has 3 aliphatic carbocycles. The first-order valence-corrected chi connectivity index (χ1v) is 53.0. The van der Waals surface area contributed by atoms with E-state index in [0.29, 0.717) is 99.3 Å². The predicted octanol–water partition coefficient (Wildman–Crippen LogP) is 25.1. The molecular formula is C118H192O27. The standard InChI is InChI=1S/C23H26O6.C16H30O4.C14H26O4.C14H22O2.C14H22O.C13H22O3.C12H22O4.C12H22O3/c1-5-11-27-20-10-9-16-12-18(8-7-17(16)13-20)21(25)28-14-19(24)15-29-22(26)23(3,4)6-2;1-7-16(5,6)14(18)19-12-10-8-9-11-13(17)20-15(2,3)4;1-7-14(5,6)12(16)17-10-8-9-11(15)18-13(2,3)4;1-4-14(2,3)13(15)16-9-12-8-10-5-6-11(12)7-10;1-6-11(2)12-7-9-13(10-8-12)15-14(3,4)5;1-4-13(2,3)12(14)15-8-9-5-6-10-11(7-9)16-10;1-7-12(5,6)10(14)15-8-9(13)16-11(2,3)4;1-5-11(3,4)10(13)15-9-12(6-2)7-14-8-12/h1,7-10,12-13,19,24H,6,11,14-15H2,2-4H3;7-12H2,1-6H3;7-10H2,1-6H3;5-6,10-12H,4,7-9H2,1-3H3;7-11H,6H2,1-5H3;9-11H,4-8H2,1-3H3;7-8H2,1-6H3;5-9H2,1-4H3. The number of terminal acetylenes is 1. The van der Waals surface area contributed by atoms with Gasteiger partial charge in [-0.05, 0) is 378 Å². The van der Waals surface area contributed by atoms with Gasteiger partial charge in [0.15, 0.2) is 6.61 Å². The maximum Gasteiger partial charge on any atom is 0.344 e. The van der Waals surface area contributed by atoms with Gasteiger partial charge in [0.1, 0.15) is 66.4 Å². The number of epoxide rings is 1. The molecule has 2 saturated heterocycles. The molecule has 0 amide bonds. The summed E-state index contributed by atoms with van der Waals surface area (Å²) in [6, 6.07) is 19.0. The van der Waals surface area contributed by atoms with Crippen molar-refractivity contribution in [1.29, 1.82) is 0 Å². The minimum absolute atomic E-state index is 0.0400. The van der Waals surface area contributed by atoms with E-state index in [1.54, 1.807) is 72.7 Å². The van der Waals surface area contributed by atoms with Crippen LogP contribution < -0.4 is 9.47 Å². The molecule has 5 aliphatic rings. The van der Waals surface area contributed by atoms with Gasteiger partial charge in [-0.2, -0.15) is 0 Å². The number of hydrogen-bond acceptors (Lipinski definition) is 27. The van der Waals surface area contributed by atoms with Crippen LogP contribution in [0.3, 0.4) is 0 Å². The van der Waals surface area contributed by atoms with Crippen LogP contribution in [0.4, 0.5) is 0 Å². The molecule has 8 atom stereocenters. The lowest BCUT2D eigenvalue weighted by molar-refractivity contribution is -0.178. The molecule has 2 bridgehead atoms. The maximum absolute atomic E-state index is 12.3. The van der Waals surface area contributed by atoms with Gasteiger partial charge in [0.2, 0.25) is 0 Å². The predicted molar refractivity (Wildman–Crippen MR) is 569 cm³/mol. The molecule has 145 heavy (non-hydrogen) atoms. The maximum atomic E-state index is 12.3. The van der Waals surface area contributed by atoms with E-state index in [1.807, 2.05) is 171 Å². The van der Waals surface area contributed by atoms with Crippen LogP contribution >= 0.6 is 0 Å². The highest BCUT2D eigenvalue weighted by Crippen LogP contribution is 2.45. The summed E-state index contributed by atoms with van der Waals surface area (Å²) >= 11 is 0. The molecular weight excluding hydrogens is 1850 g/mol. The number of carbonyl (C=O) groups excluding carboxylic acids is 11. The topological polar surface area (TPSA) is 350 Å². The van der Waals surface area contributed by atoms with Crippen molar-refractivity contribution in [3.8, 4) is 23.8 Å². The minimum Gasteiger partial charge on any atom is -0.488 e. The highest BCUT2D eigenvalue weighted by Gasteiger charge is 2.45. The van der Waals surface area contributed by atoms with E-state index in [-0.39, 0.29) is 114 Å². The third kappa shape index (κ3) is 54.1. The Kier molecular flexibility index (Phi) is 57.6. The lowest BCUT2D eigenvalue weighted by Crippen LogP contribution is -2.47. The van der Waals surface area contributed by atoms with E-state index in [4.69, 9.17) is 77.5 Å². The van der Waals surface area contributed by atoms with Crippen molar-refractivity contribution < 1.29 is 129 Å². The van der Waals surface area contributed by atoms with Crippen LogP contribution in [0, 0.1) is 79.3 Å². The fourth-order valence-electron chi connectivity index (χ4n) is 13.3. The summed E-state index contributed by atoms with van der Waals surface area (Å²) in [6.45, 7) is 72.3. The number of carbonyl (C=O) groups is 11. The zero-order chi connectivity index (χ0) is 111. The van der Waals surface area contributed by atoms with Gasteiger partial charge in [-0.25, -0.2) is 9.59 Å². The number of unbranched alkanes of at least 4 members (excludes halogenated alkanes) is 2. The molecule has 8 rings (SSSR count). The smallest absolute Gasteiger partial charge is 0.344 e.